The first-order chi connectivity index (χ1) is 13.3. The predicted molar refractivity (Wildman–Crippen MR) is 105 cm³/mol. The van der Waals surface area contributed by atoms with Crippen molar-refractivity contribution in [2.24, 2.45) is 0 Å². The van der Waals surface area contributed by atoms with Crippen molar-refractivity contribution in [1.29, 1.82) is 0 Å². The minimum absolute atomic E-state index is 0.0547. The van der Waals surface area contributed by atoms with Crippen LogP contribution in [-0.4, -0.2) is 36.9 Å². The van der Waals surface area contributed by atoms with Crippen molar-refractivity contribution in [2.75, 3.05) is 5.32 Å². The van der Waals surface area contributed by atoms with Gasteiger partial charge in [0.1, 0.15) is 6.10 Å². The molecule has 1 aliphatic heterocycles. The number of sulfone groups is 1. The van der Waals surface area contributed by atoms with Gasteiger partial charge in [-0.15, -0.1) is 0 Å². The van der Waals surface area contributed by atoms with Crippen LogP contribution < -0.4 is 10.6 Å². The number of nitrogens with one attached hydrogen (secondary N) is 3. The third-order valence-electron chi connectivity index (χ3n) is 5.09. The Morgan fingerprint density at radius 2 is 2.07 bits per heavy atom. The van der Waals surface area contributed by atoms with E-state index in [9.17, 15) is 13.2 Å². The number of anilines is 2. The maximum Gasteiger partial charge on any atom is 0.407 e. The number of aromatic amines is 1. The number of aromatic nitrogens is 2. The highest BCUT2D eigenvalue weighted by Gasteiger charge is 2.34. The summed E-state index contributed by atoms with van der Waals surface area (Å²) < 4.78 is 29.2. The molecule has 4 rings (SSSR count). The molecule has 8 nitrogen and oxygen atoms in total. The monoisotopic (exact) mass is 404 g/mol. The van der Waals surface area contributed by atoms with Gasteiger partial charge in [-0.25, -0.2) is 13.2 Å². The number of fused-ring (bicyclic) bond motifs is 1. The van der Waals surface area contributed by atoms with E-state index in [4.69, 9.17) is 4.74 Å². The van der Waals surface area contributed by atoms with Gasteiger partial charge in [0.2, 0.25) is 0 Å². The van der Waals surface area contributed by atoms with Crippen LogP contribution in [0.25, 0.3) is 0 Å². The normalized spacial score (nSPS) is 22.4. The van der Waals surface area contributed by atoms with Crippen molar-refractivity contribution >= 4 is 27.4 Å². The second kappa shape index (κ2) is 7.12. The fourth-order valence-corrected chi connectivity index (χ4v) is 5.28. The van der Waals surface area contributed by atoms with Gasteiger partial charge in [0.15, 0.2) is 15.7 Å². The zero-order valence-electron chi connectivity index (χ0n) is 15.9. The number of amides is 1. The van der Waals surface area contributed by atoms with E-state index in [0.29, 0.717) is 5.82 Å². The van der Waals surface area contributed by atoms with E-state index >= 15 is 0 Å². The first kappa shape index (κ1) is 18.8. The van der Waals surface area contributed by atoms with Crippen molar-refractivity contribution in [2.45, 2.75) is 56.3 Å². The number of ether oxygens (including phenoxy) is 1. The minimum Gasteiger partial charge on any atom is -0.446 e. The lowest BCUT2D eigenvalue weighted by Crippen LogP contribution is -2.38. The van der Waals surface area contributed by atoms with E-state index in [1.165, 1.54) is 0 Å². The highest BCUT2D eigenvalue weighted by molar-refractivity contribution is 7.90. The number of hydrogen-bond acceptors (Lipinski definition) is 6. The molecule has 28 heavy (non-hydrogen) atoms. The topological polar surface area (TPSA) is 113 Å². The Balaban J connectivity index is 1.36. The second-order valence-corrected chi connectivity index (χ2v) is 9.87. The van der Waals surface area contributed by atoms with Crippen molar-refractivity contribution < 1.29 is 17.9 Å². The lowest BCUT2D eigenvalue weighted by molar-refractivity contribution is 0.0374. The number of carbonyl (C=O) groups is 1. The van der Waals surface area contributed by atoms with Crippen LogP contribution in [0.1, 0.15) is 49.4 Å². The molecule has 1 aromatic heterocycles. The smallest absolute Gasteiger partial charge is 0.407 e. The van der Waals surface area contributed by atoms with Crippen LogP contribution in [0.2, 0.25) is 0 Å². The van der Waals surface area contributed by atoms with E-state index in [-0.39, 0.29) is 35.7 Å². The Morgan fingerprint density at radius 3 is 2.82 bits per heavy atom. The van der Waals surface area contributed by atoms with Crippen molar-refractivity contribution in [3.05, 3.63) is 41.1 Å². The SMILES string of the molecule is CC(C)NC(=O)OC1CC(c2cc(Nc3cccc4c3CS(=O)(=O)C4)n[nH]2)C1. The largest absolute Gasteiger partial charge is 0.446 e. The van der Waals surface area contributed by atoms with Gasteiger partial charge in [0.25, 0.3) is 0 Å². The fourth-order valence-electron chi connectivity index (χ4n) is 3.65. The van der Waals surface area contributed by atoms with Crippen LogP contribution in [0.4, 0.5) is 16.3 Å². The quantitative estimate of drug-likeness (QED) is 0.706. The first-order valence-electron chi connectivity index (χ1n) is 9.40. The Kier molecular flexibility index (Phi) is 4.78. The van der Waals surface area contributed by atoms with Crippen LogP contribution in [-0.2, 0) is 26.1 Å². The van der Waals surface area contributed by atoms with Gasteiger partial charge < -0.3 is 15.4 Å². The van der Waals surface area contributed by atoms with E-state index in [0.717, 1.165) is 35.3 Å². The number of carbonyl (C=O) groups excluding carboxylic acids is 1. The van der Waals surface area contributed by atoms with Crippen molar-refractivity contribution in [3.8, 4) is 0 Å². The molecule has 1 amide bonds. The van der Waals surface area contributed by atoms with Gasteiger partial charge in [0.05, 0.1) is 11.5 Å². The molecule has 1 aliphatic carbocycles. The minimum atomic E-state index is -3.06. The maximum absolute atomic E-state index is 11.9. The molecule has 1 aromatic carbocycles. The molecular weight excluding hydrogens is 380 g/mol. The molecular formula is C19H24N4O4S. The van der Waals surface area contributed by atoms with Crippen molar-refractivity contribution in [1.82, 2.24) is 15.5 Å². The second-order valence-electron chi connectivity index (χ2n) is 7.80. The average molecular weight is 404 g/mol. The highest BCUT2D eigenvalue weighted by Crippen LogP contribution is 2.39. The molecule has 0 spiro atoms. The van der Waals surface area contributed by atoms with Crippen molar-refractivity contribution in [3.63, 3.8) is 0 Å². The summed E-state index contributed by atoms with van der Waals surface area (Å²) in [6, 6.07) is 7.56. The van der Waals surface area contributed by atoms with Gasteiger partial charge >= 0.3 is 6.09 Å². The van der Waals surface area contributed by atoms with Gasteiger partial charge in [-0.05, 0) is 43.9 Å². The number of benzene rings is 1. The zero-order chi connectivity index (χ0) is 19.9. The summed E-state index contributed by atoms with van der Waals surface area (Å²) in [6.45, 7) is 3.78. The van der Waals surface area contributed by atoms with Crippen LogP contribution in [0.15, 0.2) is 24.3 Å². The molecule has 0 atom stereocenters. The average Bonchev–Trinajstić information content (AvgIpc) is 3.13. The summed E-state index contributed by atoms with van der Waals surface area (Å²) in [6.07, 6.45) is 1.06. The zero-order valence-corrected chi connectivity index (χ0v) is 16.7. The molecule has 1 saturated carbocycles. The third kappa shape index (κ3) is 3.99. The Bertz CT molecular complexity index is 993. The van der Waals surface area contributed by atoms with E-state index in [2.05, 4.69) is 20.8 Å². The lowest BCUT2D eigenvalue weighted by Gasteiger charge is -2.33. The maximum atomic E-state index is 11.9. The molecule has 3 N–H and O–H groups in total. The highest BCUT2D eigenvalue weighted by atomic mass is 32.2. The third-order valence-corrected chi connectivity index (χ3v) is 6.57. The lowest BCUT2D eigenvalue weighted by atomic mass is 9.80. The Morgan fingerprint density at radius 1 is 1.29 bits per heavy atom. The number of H-pyrrole nitrogens is 1. The van der Waals surface area contributed by atoms with E-state index in [1.807, 2.05) is 38.1 Å². The van der Waals surface area contributed by atoms with Crippen LogP contribution in [0.5, 0.6) is 0 Å². The molecule has 2 aromatic rings. The molecule has 0 unspecified atom stereocenters. The molecule has 0 radical (unpaired) electrons. The van der Waals surface area contributed by atoms with Gasteiger partial charge in [-0.3, -0.25) is 5.10 Å². The molecule has 9 heteroatoms. The summed E-state index contributed by atoms with van der Waals surface area (Å²) >= 11 is 0. The first-order valence-corrected chi connectivity index (χ1v) is 11.2. The number of nitrogens with zero attached hydrogens (tertiary/aromatic N) is 1. The van der Waals surface area contributed by atoms with Gasteiger partial charge in [-0.2, -0.15) is 5.10 Å². The number of rotatable bonds is 5. The summed E-state index contributed by atoms with van der Waals surface area (Å²) in [5.41, 5.74) is 3.42. The van der Waals surface area contributed by atoms with E-state index < -0.39 is 9.84 Å². The number of alkyl carbamates (subject to hydrolysis) is 1. The Hall–Kier alpha value is -2.55. The molecule has 150 valence electrons. The molecule has 0 saturated heterocycles. The van der Waals surface area contributed by atoms with Crippen LogP contribution >= 0.6 is 0 Å². The summed E-state index contributed by atoms with van der Waals surface area (Å²) in [5.74, 6) is 1.07. The standard InChI is InChI=1S/C19H24N4O4S/c1-11(2)20-19(24)27-14-6-13(7-14)17-8-18(23-22-17)21-16-5-3-4-12-9-28(25,26)10-15(12)16/h3-5,8,11,13-14H,6-7,9-10H2,1-2H3,(H,20,24)(H2,21,22,23). The van der Waals surface area contributed by atoms with Crippen LogP contribution in [0.3, 0.4) is 0 Å². The fraction of sp³-hybridized carbons (Fsp3) is 0.474. The molecule has 0 bridgehead atoms. The molecule has 2 heterocycles. The van der Waals surface area contributed by atoms with Gasteiger partial charge in [-0.1, -0.05) is 12.1 Å². The molecule has 2 aliphatic rings. The van der Waals surface area contributed by atoms with E-state index in [1.54, 1.807) is 0 Å². The summed E-state index contributed by atoms with van der Waals surface area (Å²) in [5, 5.41) is 13.3. The predicted octanol–water partition coefficient (Wildman–Crippen LogP) is 2.96. The Labute approximate surface area is 164 Å². The summed E-state index contributed by atoms with van der Waals surface area (Å²) in [4.78, 5) is 11.6. The number of hydrogen-bond donors (Lipinski definition) is 3. The molecule has 1 fully saturated rings. The van der Waals surface area contributed by atoms with Gasteiger partial charge in [0, 0.05) is 29.4 Å². The van der Waals surface area contributed by atoms with Crippen LogP contribution in [0, 0.1) is 0 Å². The summed E-state index contributed by atoms with van der Waals surface area (Å²) in [7, 11) is -3.06.